The molecule has 0 atom stereocenters. The van der Waals surface area contributed by atoms with E-state index in [4.69, 9.17) is 0 Å². The van der Waals surface area contributed by atoms with Crippen LogP contribution in [0.5, 0.6) is 0 Å². The predicted octanol–water partition coefficient (Wildman–Crippen LogP) is 5.36. The third kappa shape index (κ3) is 3.34. The first kappa shape index (κ1) is 14.8. The summed E-state index contributed by atoms with van der Waals surface area (Å²) in [5, 5.41) is 1.10. The Hall–Kier alpha value is -0.300. The van der Waals surface area contributed by atoms with Crippen LogP contribution in [0.25, 0.3) is 0 Å². The first-order valence-electron chi connectivity index (χ1n) is 6.60. The van der Waals surface area contributed by atoms with Crippen molar-refractivity contribution in [3.05, 3.63) is 34.4 Å². The van der Waals surface area contributed by atoms with Crippen LogP contribution >= 0.6 is 15.9 Å². The van der Waals surface area contributed by atoms with Crippen molar-refractivity contribution < 1.29 is 0 Å². The van der Waals surface area contributed by atoms with Gasteiger partial charge in [0.2, 0.25) is 0 Å². The number of benzene rings is 1. The highest BCUT2D eigenvalue weighted by Gasteiger charge is 2.26. The molecule has 0 fully saturated rings. The number of hydrogen-bond donors (Lipinski definition) is 0. The minimum Gasteiger partial charge on any atom is -0.0922 e. The largest absolute Gasteiger partial charge is 0.0922 e. The Kier molecular flexibility index (Phi) is 5.24. The topological polar surface area (TPSA) is 0 Å². The molecule has 0 aliphatic rings. The lowest BCUT2D eigenvalue weighted by Crippen LogP contribution is -2.24. The maximum absolute atomic E-state index is 3.71. The molecule has 1 aromatic carbocycles. The number of rotatable bonds is 5. The van der Waals surface area contributed by atoms with Crippen molar-refractivity contribution in [1.82, 2.24) is 0 Å². The van der Waals surface area contributed by atoms with E-state index < -0.39 is 0 Å². The Morgan fingerprint density at radius 2 is 1.47 bits per heavy atom. The van der Waals surface area contributed by atoms with Crippen molar-refractivity contribution in [1.29, 1.82) is 0 Å². The summed E-state index contributed by atoms with van der Waals surface area (Å²) in [5.74, 6) is 0. The van der Waals surface area contributed by atoms with Gasteiger partial charge in [-0.2, -0.15) is 0 Å². The quantitative estimate of drug-likeness (QED) is 0.642. The van der Waals surface area contributed by atoms with Gasteiger partial charge in [-0.05, 0) is 62.1 Å². The van der Waals surface area contributed by atoms with Gasteiger partial charge in [-0.25, -0.2) is 0 Å². The molecule has 0 saturated carbocycles. The fraction of sp³-hybridized carbons (Fsp3) is 0.625. The molecule has 1 rings (SSSR count). The zero-order valence-corrected chi connectivity index (χ0v) is 13.4. The van der Waals surface area contributed by atoms with E-state index in [1.165, 1.54) is 36.0 Å². The van der Waals surface area contributed by atoms with Gasteiger partial charge in [0.05, 0.1) is 0 Å². The smallest absolute Gasteiger partial charge is 0.00909 e. The van der Waals surface area contributed by atoms with Crippen LogP contribution < -0.4 is 0 Å². The molecule has 0 radical (unpaired) electrons. The van der Waals surface area contributed by atoms with Gasteiger partial charge in [0.1, 0.15) is 0 Å². The molecule has 0 nitrogen and oxygen atoms in total. The number of alkyl halides is 1. The lowest BCUT2D eigenvalue weighted by atomic mass is 9.77. The highest BCUT2D eigenvalue weighted by atomic mass is 79.9. The lowest BCUT2D eigenvalue weighted by molar-refractivity contribution is 0.306. The van der Waals surface area contributed by atoms with Crippen LogP contribution in [0.1, 0.15) is 48.9 Å². The zero-order valence-electron chi connectivity index (χ0n) is 11.9. The van der Waals surface area contributed by atoms with Crippen molar-refractivity contribution in [3.63, 3.8) is 0 Å². The van der Waals surface area contributed by atoms with Gasteiger partial charge in [-0.15, -0.1) is 0 Å². The van der Waals surface area contributed by atoms with E-state index in [1.807, 2.05) is 0 Å². The van der Waals surface area contributed by atoms with Crippen molar-refractivity contribution in [2.45, 2.75) is 53.9 Å². The van der Waals surface area contributed by atoms with E-state index in [1.54, 1.807) is 5.56 Å². The van der Waals surface area contributed by atoms with Crippen LogP contribution in [0.2, 0.25) is 0 Å². The predicted molar refractivity (Wildman–Crippen MR) is 81.2 cm³/mol. The third-order valence-corrected chi connectivity index (χ3v) is 5.37. The van der Waals surface area contributed by atoms with Crippen molar-refractivity contribution >= 4 is 15.9 Å². The molecular weight excluding hydrogens is 272 g/mol. The molecule has 0 aromatic heterocycles. The van der Waals surface area contributed by atoms with Gasteiger partial charge < -0.3 is 0 Å². The number of halogens is 1. The van der Waals surface area contributed by atoms with Gasteiger partial charge >= 0.3 is 0 Å². The number of hydrogen-bond acceptors (Lipinski definition) is 0. The van der Waals surface area contributed by atoms with Crippen LogP contribution in [0.15, 0.2) is 12.1 Å². The SMILES string of the molecule is CCC(CC)(CBr)Cc1c(C)cc(C)cc1C. The fourth-order valence-electron chi connectivity index (χ4n) is 2.60. The van der Waals surface area contributed by atoms with E-state index in [0.29, 0.717) is 5.41 Å². The lowest BCUT2D eigenvalue weighted by Gasteiger charge is -2.31. The first-order chi connectivity index (χ1) is 7.98. The second-order valence-electron chi connectivity index (χ2n) is 5.39. The van der Waals surface area contributed by atoms with Gasteiger partial charge in [-0.3, -0.25) is 0 Å². The van der Waals surface area contributed by atoms with Gasteiger partial charge in [0.15, 0.2) is 0 Å². The van der Waals surface area contributed by atoms with E-state index in [-0.39, 0.29) is 0 Å². The Morgan fingerprint density at radius 3 is 1.82 bits per heavy atom. The average molecular weight is 297 g/mol. The van der Waals surface area contributed by atoms with Crippen LogP contribution in [-0.4, -0.2) is 5.33 Å². The summed E-state index contributed by atoms with van der Waals surface area (Å²) in [6.07, 6.45) is 3.67. The molecule has 96 valence electrons. The molecule has 0 N–H and O–H groups in total. The van der Waals surface area contributed by atoms with Crippen molar-refractivity contribution in [3.8, 4) is 0 Å². The molecular formula is C16H25Br. The molecule has 0 unspecified atom stereocenters. The normalized spacial score (nSPS) is 11.9. The second-order valence-corrected chi connectivity index (χ2v) is 5.96. The van der Waals surface area contributed by atoms with E-state index in [2.05, 4.69) is 62.7 Å². The molecule has 1 aromatic rings. The molecule has 0 amide bonds. The van der Waals surface area contributed by atoms with Crippen LogP contribution in [0, 0.1) is 26.2 Å². The summed E-state index contributed by atoms with van der Waals surface area (Å²) < 4.78 is 0. The summed E-state index contributed by atoms with van der Waals surface area (Å²) in [6.45, 7) is 11.3. The molecule has 1 heteroatoms. The highest BCUT2D eigenvalue weighted by molar-refractivity contribution is 9.09. The van der Waals surface area contributed by atoms with E-state index >= 15 is 0 Å². The Bertz CT molecular complexity index is 344. The summed E-state index contributed by atoms with van der Waals surface area (Å²) in [5.41, 5.74) is 6.26. The molecule has 0 aliphatic carbocycles. The zero-order chi connectivity index (χ0) is 13.1. The van der Waals surface area contributed by atoms with Crippen molar-refractivity contribution in [2.24, 2.45) is 5.41 Å². The van der Waals surface area contributed by atoms with Crippen LogP contribution in [-0.2, 0) is 6.42 Å². The maximum atomic E-state index is 3.71. The maximum Gasteiger partial charge on any atom is 0.00909 e. The highest BCUT2D eigenvalue weighted by Crippen LogP contribution is 2.35. The molecule has 0 aliphatic heterocycles. The van der Waals surface area contributed by atoms with Gasteiger partial charge in [-0.1, -0.05) is 47.5 Å². The third-order valence-electron chi connectivity index (χ3n) is 4.18. The molecule has 0 heterocycles. The van der Waals surface area contributed by atoms with E-state index in [0.717, 1.165) is 5.33 Å². The van der Waals surface area contributed by atoms with Crippen LogP contribution in [0.4, 0.5) is 0 Å². The average Bonchev–Trinajstić information content (AvgIpc) is 2.29. The number of aryl methyl sites for hydroxylation is 3. The molecule has 0 saturated heterocycles. The minimum atomic E-state index is 0.421. The van der Waals surface area contributed by atoms with Crippen molar-refractivity contribution in [2.75, 3.05) is 5.33 Å². The summed E-state index contributed by atoms with van der Waals surface area (Å²) >= 11 is 3.71. The standard InChI is InChI=1S/C16H25Br/c1-6-16(7-2,11-17)10-15-13(4)8-12(3)9-14(15)5/h8-9H,6-7,10-11H2,1-5H3. The summed E-state index contributed by atoms with van der Waals surface area (Å²) in [4.78, 5) is 0. The summed E-state index contributed by atoms with van der Waals surface area (Å²) in [6, 6.07) is 4.62. The van der Waals surface area contributed by atoms with E-state index in [9.17, 15) is 0 Å². The fourth-order valence-corrected chi connectivity index (χ4v) is 3.59. The summed E-state index contributed by atoms with van der Waals surface area (Å²) in [7, 11) is 0. The monoisotopic (exact) mass is 296 g/mol. The second kappa shape index (κ2) is 6.04. The Balaban J connectivity index is 3.09. The van der Waals surface area contributed by atoms with Crippen LogP contribution in [0.3, 0.4) is 0 Å². The Labute approximate surface area is 115 Å². The van der Waals surface area contributed by atoms with Gasteiger partial charge in [0, 0.05) is 5.33 Å². The Morgan fingerprint density at radius 1 is 1.00 bits per heavy atom. The first-order valence-corrected chi connectivity index (χ1v) is 7.73. The molecule has 0 bridgehead atoms. The molecule has 0 spiro atoms. The minimum absolute atomic E-state index is 0.421. The molecule has 17 heavy (non-hydrogen) atoms. The van der Waals surface area contributed by atoms with Gasteiger partial charge in [0.25, 0.3) is 0 Å².